The quantitative estimate of drug-likeness (QED) is 0.182. The Balaban J connectivity index is -0.0000000267. The summed E-state index contributed by atoms with van der Waals surface area (Å²) in [4.78, 5) is 0. The van der Waals surface area contributed by atoms with E-state index >= 15 is 0 Å². The normalized spacial score (nSPS) is 7.25. The molecule has 50 valence electrons. The van der Waals surface area contributed by atoms with E-state index in [-0.39, 0.29) is 40.5 Å². The van der Waals surface area contributed by atoms with Crippen LogP contribution < -0.4 is 0 Å². The third-order valence-corrected chi connectivity index (χ3v) is 0. The molecule has 0 saturated heterocycles. The fourth-order valence-corrected chi connectivity index (χ4v) is 0. The zero-order valence-corrected chi connectivity index (χ0v) is 4.83. The van der Waals surface area contributed by atoms with Gasteiger partial charge in [-0.1, -0.05) is 0 Å². The summed E-state index contributed by atoms with van der Waals surface area (Å²) in [7, 11) is -3.97. The van der Waals surface area contributed by atoms with E-state index in [1.54, 1.807) is 0 Å². The first-order valence-corrected chi connectivity index (χ1v) is 3.19. The molecule has 5 nitrogen and oxygen atoms in total. The molecule has 8 heavy (non-hydrogen) atoms. The molecule has 0 aromatic heterocycles. The molecule has 0 aliphatic rings. The van der Waals surface area contributed by atoms with Crippen molar-refractivity contribution in [3.63, 3.8) is 0 Å². The number of hydrogen-bond acceptors (Lipinski definition) is 2. The maximum absolute atomic E-state index is 9.05. The van der Waals surface area contributed by atoms with Crippen molar-refractivity contribution in [3.8, 4) is 0 Å². The molecule has 0 saturated carbocycles. The van der Waals surface area contributed by atoms with Crippen LogP contribution in [0.5, 0.6) is 0 Å². The number of rotatable bonds is 0. The Kier molecular flexibility index (Phi) is 23.4. The van der Waals surface area contributed by atoms with Crippen LogP contribution >= 0.6 is 11.7 Å². The molecule has 5 N–H and O–H groups in total. The van der Waals surface area contributed by atoms with Crippen LogP contribution in [0, 0.1) is 0 Å². The second-order valence-electron chi connectivity index (χ2n) is 0.448. The van der Waals surface area contributed by atoms with Crippen LogP contribution in [-0.4, -0.2) is 53.5 Å². The van der Waals surface area contributed by atoms with Crippen molar-refractivity contribution in [1.82, 2.24) is 0 Å². The third kappa shape index (κ3) is 197. The van der Waals surface area contributed by atoms with E-state index in [4.69, 9.17) is 13.0 Å². The SMILES string of the molecule is O.O.O=S(=O)(O)S.[NaH]. The van der Waals surface area contributed by atoms with Crippen LogP contribution in [0.15, 0.2) is 0 Å². The molecule has 8 heteroatoms. The van der Waals surface area contributed by atoms with Crippen molar-refractivity contribution in [2.24, 2.45) is 0 Å². The fourth-order valence-electron chi connectivity index (χ4n) is 0. The van der Waals surface area contributed by atoms with Gasteiger partial charge in [0, 0.05) is 0 Å². The van der Waals surface area contributed by atoms with Gasteiger partial charge in [-0.3, -0.25) is 4.55 Å². The summed E-state index contributed by atoms with van der Waals surface area (Å²) < 4.78 is 25.5. The fraction of sp³-hybridized carbons (Fsp3) is 0. The zero-order chi connectivity index (χ0) is 4.50. The van der Waals surface area contributed by atoms with Gasteiger partial charge in [-0.15, -0.1) is 0 Å². The molecule has 0 aliphatic carbocycles. The van der Waals surface area contributed by atoms with E-state index in [0.29, 0.717) is 0 Å². The summed E-state index contributed by atoms with van der Waals surface area (Å²) >= 11 is 2.65. The molecular formula is H7NaO5S2. The van der Waals surface area contributed by atoms with E-state index in [9.17, 15) is 0 Å². The van der Waals surface area contributed by atoms with Gasteiger partial charge in [0.15, 0.2) is 0 Å². The molecule has 0 fully saturated rings. The van der Waals surface area contributed by atoms with Crippen molar-refractivity contribution in [1.29, 1.82) is 0 Å². The van der Waals surface area contributed by atoms with Gasteiger partial charge < -0.3 is 11.0 Å². The summed E-state index contributed by atoms with van der Waals surface area (Å²) in [6, 6.07) is 0. The summed E-state index contributed by atoms with van der Waals surface area (Å²) in [5.41, 5.74) is 0. The minimum absolute atomic E-state index is 0. The van der Waals surface area contributed by atoms with E-state index in [0.717, 1.165) is 0 Å². The van der Waals surface area contributed by atoms with Gasteiger partial charge in [-0.2, -0.15) is 8.42 Å². The summed E-state index contributed by atoms with van der Waals surface area (Å²) in [6.45, 7) is 0. The first-order chi connectivity index (χ1) is 2.00. The van der Waals surface area contributed by atoms with E-state index in [1.807, 2.05) is 0 Å². The first-order valence-electron chi connectivity index (χ1n) is 0.698. The van der Waals surface area contributed by atoms with Gasteiger partial charge in [0.25, 0.3) is 0 Å². The van der Waals surface area contributed by atoms with Crippen LogP contribution in [0.2, 0.25) is 0 Å². The Hall–Kier alpha value is 1.18. The topological polar surface area (TPSA) is 117 Å². The molecule has 0 unspecified atom stereocenters. The van der Waals surface area contributed by atoms with Gasteiger partial charge in [0.1, 0.15) is 0 Å². The predicted octanol–water partition coefficient (Wildman–Crippen LogP) is -2.58. The first kappa shape index (κ1) is 22.9. The molecular weight excluding hydrogens is 167 g/mol. The second-order valence-corrected chi connectivity index (χ2v) is 2.73. The Labute approximate surface area is 73.9 Å². The van der Waals surface area contributed by atoms with Gasteiger partial charge in [-0.25, -0.2) is 0 Å². The van der Waals surface area contributed by atoms with Crippen molar-refractivity contribution in [2.45, 2.75) is 0 Å². The summed E-state index contributed by atoms with van der Waals surface area (Å²) in [5, 5.41) is 0. The Morgan fingerprint density at radius 1 is 1.25 bits per heavy atom. The van der Waals surface area contributed by atoms with Crippen molar-refractivity contribution < 1.29 is 23.9 Å². The Morgan fingerprint density at radius 3 is 1.25 bits per heavy atom. The van der Waals surface area contributed by atoms with E-state index in [1.165, 1.54) is 0 Å². The van der Waals surface area contributed by atoms with Crippen molar-refractivity contribution >= 4 is 50.4 Å². The van der Waals surface area contributed by atoms with Crippen LogP contribution in [0.3, 0.4) is 0 Å². The maximum atomic E-state index is 9.05. The van der Waals surface area contributed by atoms with E-state index < -0.39 is 9.15 Å². The van der Waals surface area contributed by atoms with Crippen LogP contribution in [0.4, 0.5) is 0 Å². The van der Waals surface area contributed by atoms with Crippen LogP contribution in [-0.2, 0) is 9.15 Å². The van der Waals surface area contributed by atoms with Crippen molar-refractivity contribution in [2.75, 3.05) is 0 Å². The van der Waals surface area contributed by atoms with E-state index in [2.05, 4.69) is 11.7 Å². The molecule has 0 spiro atoms. The standard InChI is InChI=1S/Na.H2O3S2.2H2O.H/c;1-5(2,3)4;;;/h;(H2,1,2,3,4);2*1H2;. The Bertz CT molecular complexity index is 93.6. The van der Waals surface area contributed by atoms with Gasteiger partial charge in [0.05, 0.1) is 0 Å². The molecule has 0 rings (SSSR count). The second kappa shape index (κ2) is 8.18. The van der Waals surface area contributed by atoms with Gasteiger partial charge in [0.2, 0.25) is 0 Å². The average molecular weight is 174 g/mol. The summed E-state index contributed by atoms with van der Waals surface area (Å²) in [5.74, 6) is 0. The molecule has 0 heterocycles. The molecule has 0 radical (unpaired) electrons. The van der Waals surface area contributed by atoms with Gasteiger partial charge >= 0.3 is 38.7 Å². The number of thiol groups is 1. The minimum atomic E-state index is -3.97. The molecule has 0 bridgehead atoms. The third-order valence-electron chi connectivity index (χ3n) is 0. The molecule has 0 aromatic carbocycles. The summed E-state index contributed by atoms with van der Waals surface area (Å²) in [6.07, 6.45) is 0. The van der Waals surface area contributed by atoms with Crippen molar-refractivity contribution in [3.05, 3.63) is 0 Å². The zero-order valence-electron chi connectivity index (χ0n) is 3.12. The molecule has 0 amide bonds. The molecule has 0 aromatic rings. The number of hydrogen-bond donors (Lipinski definition) is 2. The predicted molar refractivity (Wildman–Crippen MR) is 34.9 cm³/mol. The van der Waals surface area contributed by atoms with Crippen LogP contribution in [0.1, 0.15) is 0 Å². The van der Waals surface area contributed by atoms with Gasteiger partial charge in [-0.05, 0) is 11.7 Å². The monoisotopic (exact) mass is 174 g/mol. The molecule has 0 aliphatic heterocycles. The Morgan fingerprint density at radius 2 is 1.25 bits per heavy atom. The average Bonchev–Trinajstić information content (AvgIpc) is 0.722. The van der Waals surface area contributed by atoms with Crippen LogP contribution in [0.25, 0.3) is 0 Å². The molecule has 0 atom stereocenters.